The number of rotatable bonds is 4. The number of nitro groups is 1. The van der Waals surface area contributed by atoms with Crippen molar-refractivity contribution in [1.82, 2.24) is 9.55 Å². The Bertz CT molecular complexity index is 887. The summed E-state index contributed by atoms with van der Waals surface area (Å²) in [5.41, 5.74) is -1.89. The number of benzene rings is 1. The number of alkyl halides is 3. The van der Waals surface area contributed by atoms with Gasteiger partial charge in [-0.25, -0.2) is 4.98 Å². The fourth-order valence-corrected chi connectivity index (χ4v) is 3.79. The molecule has 0 spiro atoms. The van der Waals surface area contributed by atoms with Gasteiger partial charge in [-0.3, -0.25) is 10.1 Å². The summed E-state index contributed by atoms with van der Waals surface area (Å²) in [6, 6.07) is 1.45. The van der Waals surface area contributed by atoms with Crippen LogP contribution in [-0.2, 0) is 13.2 Å². The van der Waals surface area contributed by atoms with Crippen LogP contribution in [0.2, 0.25) is 5.02 Å². The average Bonchev–Trinajstić information content (AvgIpc) is 3.05. The minimum absolute atomic E-state index is 0.0136. The van der Waals surface area contributed by atoms with Gasteiger partial charge in [-0.1, -0.05) is 11.6 Å². The van der Waals surface area contributed by atoms with Crippen LogP contribution in [0.15, 0.2) is 24.5 Å². The normalized spacial score (nSPS) is 18.9. The zero-order valence-electron chi connectivity index (χ0n) is 14.9. The molecule has 11 heteroatoms. The van der Waals surface area contributed by atoms with Crippen molar-refractivity contribution >= 4 is 23.0 Å². The van der Waals surface area contributed by atoms with Crippen molar-refractivity contribution in [3.63, 3.8) is 0 Å². The molecule has 3 rings (SSSR count). The molecule has 1 N–H and O–H groups in total. The maximum Gasteiger partial charge on any atom is 0.418 e. The number of aliphatic hydroxyl groups excluding tert-OH is 1. The van der Waals surface area contributed by atoms with E-state index in [0.717, 1.165) is 6.07 Å². The average molecular weight is 419 g/mol. The number of piperidine rings is 1. The van der Waals surface area contributed by atoms with Gasteiger partial charge in [0.25, 0.3) is 5.69 Å². The first-order valence-corrected chi connectivity index (χ1v) is 8.92. The first-order chi connectivity index (χ1) is 13.1. The van der Waals surface area contributed by atoms with Crippen LogP contribution < -0.4 is 4.90 Å². The number of anilines is 1. The lowest BCUT2D eigenvalue weighted by Gasteiger charge is -2.36. The van der Waals surface area contributed by atoms with Gasteiger partial charge in [0.2, 0.25) is 0 Å². The lowest BCUT2D eigenvalue weighted by Crippen LogP contribution is -2.38. The first-order valence-electron chi connectivity index (χ1n) is 8.55. The van der Waals surface area contributed by atoms with Gasteiger partial charge in [0.1, 0.15) is 17.6 Å². The smallest absolute Gasteiger partial charge is 0.385 e. The molecule has 1 aromatic carbocycles. The molecule has 1 aliphatic rings. The van der Waals surface area contributed by atoms with E-state index < -0.39 is 33.5 Å². The van der Waals surface area contributed by atoms with E-state index in [2.05, 4.69) is 4.98 Å². The van der Waals surface area contributed by atoms with E-state index in [4.69, 9.17) is 11.6 Å². The number of imidazole rings is 1. The molecule has 0 radical (unpaired) electrons. The van der Waals surface area contributed by atoms with Gasteiger partial charge in [0.05, 0.1) is 15.5 Å². The molecule has 0 amide bonds. The van der Waals surface area contributed by atoms with E-state index >= 15 is 0 Å². The predicted octanol–water partition coefficient (Wildman–Crippen LogP) is 3.95. The minimum atomic E-state index is -4.79. The Hall–Kier alpha value is -2.33. The molecule has 0 bridgehead atoms. The van der Waals surface area contributed by atoms with Crippen molar-refractivity contribution in [3.8, 4) is 0 Å². The summed E-state index contributed by atoms with van der Waals surface area (Å²) in [7, 11) is 1.74. The summed E-state index contributed by atoms with van der Waals surface area (Å²) in [5, 5.41) is 21.5. The first kappa shape index (κ1) is 20.4. The lowest BCUT2D eigenvalue weighted by atomic mass is 9.91. The molecule has 7 nitrogen and oxygen atoms in total. The van der Waals surface area contributed by atoms with Crippen LogP contribution >= 0.6 is 11.6 Å². The third-order valence-electron chi connectivity index (χ3n) is 4.93. The molecule has 1 aliphatic heterocycles. The van der Waals surface area contributed by atoms with Gasteiger partial charge in [-0.2, -0.15) is 13.2 Å². The number of aromatic nitrogens is 2. The minimum Gasteiger partial charge on any atom is -0.385 e. The summed E-state index contributed by atoms with van der Waals surface area (Å²) < 4.78 is 40.9. The van der Waals surface area contributed by atoms with Crippen molar-refractivity contribution in [2.75, 3.05) is 18.0 Å². The predicted molar refractivity (Wildman–Crippen MR) is 96.2 cm³/mol. The molecule has 2 heterocycles. The fourth-order valence-electron chi connectivity index (χ4n) is 3.53. The van der Waals surface area contributed by atoms with E-state index in [1.807, 2.05) is 0 Å². The van der Waals surface area contributed by atoms with E-state index in [9.17, 15) is 28.4 Å². The third-order valence-corrected chi connectivity index (χ3v) is 5.25. The Morgan fingerprint density at radius 2 is 2.14 bits per heavy atom. The van der Waals surface area contributed by atoms with Gasteiger partial charge >= 0.3 is 6.18 Å². The summed E-state index contributed by atoms with van der Waals surface area (Å²) in [6.07, 6.45) is -1.17. The van der Waals surface area contributed by atoms with Crippen molar-refractivity contribution in [2.24, 2.45) is 13.0 Å². The quantitative estimate of drug-likeness (QED) is 0.600. The van der Waals surface area contributed by atoms with Gasteiger partial charge in [0, 0.05) is 44.5 Å². The number of hydrogen-bond donors (Lipinski definition) is 1. The second-order valence-electron chi connectivity index (χ2n) is 6.77. The molecule has 1 fully saturated rings. The Morgan fingerprint density at radius 3 is 2.71 bits per heavy atom. The number of hydrogen-bond acceptors (Lipinski definition) is 5. The van der Waals surface area contributed by atoms with Crippen LogP contribution in [0.1, 0.15) is 30.3 Å². The second kappa shape index (κ2) is 7.59. The third kappa shape index (κ3) is 3.93. The molecule has 1 saturated heterocycles. The standard InChI is InChI=1S/C17H18ClF3N4O3/c1-23-6-4-22-16(23)15(26)10-3-2-5-24(9-10)13-8-12(18)11(17(19,20)21)7-14(13)25(27)28/h4,6-8,10,15,26H,2-3,5,9H2,1H3. The van der Waals surface area contributed by atoms with Crippen molar-refractivity contribution in [3.05, 3.63) is 51.1 Å². The fraction of sp³-hybridized carbons (Fsp3) is 0.471. The van der Waals surface area contributed by atoms with Gasteiger partial charge in [-0.15, -0.1) is 0 Å². The van der Waals surface area contributed by atoms with Crippen LogP contribution in [-0.4, -0.2) is 32.7 Å². The van der Waals surface area contributed by atoms with Crippen molar-refractivity contribution in [1.29, 1.82) is 0 Å². The van der Waals surface area contributed by atoms with E-state index in [-0.39, 0.29) is 18.2 Å². The number of nitrogens with zero attached hydrogens (tertiary/aromatic N) is 4. The highest BCUT2D eigenvalue weighted by Crippen LogP contribution is 2.43. The van der Waals surface area contributed by atoms with Crippen molar-refractivity contribution in [2.45, 2.75) is 25.1 Å². The zero-order chi connectivity index (χ0) is 20.6. The number of halogens is 4. The molecule has 2 aromatic rings. The highest BCUT2D eigenvalue weighted by molar-refractivity contribution is 6.31. The topological polar surface area (TPSA) is 84.4 Å². The molecular formula is C17H18ClF3N4O3. The number of aryl methyl sites for hydroxylation is 1. The van der Waals surface area contributed by atoms with Crippen molar-refractivity contribution < 1.29 is 23.2 Å². The highest BCUT2D eigenvalue weighted by atomic mass is 35.5. The second-order valence-corrected chi connectivity index (χ2v) is 7.17. The molecule has 1 aromatic heterocycles. The van der Waals surface area contributed by atoms with E-state index in [1.165, 1.54) is 0 Å². The van der Waals surface area contributed by atoms with Gasteiger partial charge < -0.3 is 14.6 Å². The van der Waals surface area contributed by atoms with Crippen LogP contribution in [0.4, 0.5) is 24.5 Å². The molecule has 0 saturated carbocycles. The lowest BCUT2D eigenvalue weighted by molar-refractivity contribution is -0.384. The Balaban J connectivity index is 1.93. The molecule has 2 atom stereocenters. The van der Waals surface area contributed by atoms with E-state index in [0.29, 0.717) is 31.3 Å². The summed E-state index contributed by atoms with van der Waals surface area (Å²) in [4.78, 5) is 16.3. The molecule has 152 valence electrons. The van der Waals surface area contributed by atoms with Gasteiger partial charge in [-0.05, 0) is 18.9 Å². The Morgan fingerprint density at radius 1 is 1.43 bits per heavy atom. The highest BCUT2D eigenvalue weighted by Gasteiger charge is 2.38. The zero-order valence-corrected chi connectivity index (χ0v) is 15.6. The Labute approximate surface area is 163 Å². The maximum absolute atomic E-state index is 13.1. The maximum atomic E-state index is 13.1. The van der Waals surface area contributed by atoms with Crippen LogP contribution in [0, 0.1) is 16.0 Å². The summed E-state index contributed by atoms with van der Waals surface area (Å²) in [5.74, 6) is 0.183. The molecule has 2 unspecified atom stereocenters. The Kier molecular flexibility index (Phi) is 5.53. The molecule has 28 heavy (non-hydrogen) atoms. The SMILES string of the molecule is Cn1ccnc1C(O)C1CCCN(c2cc(Cl)c(C(F)(F)F)cc2[N+](=O)[O-])C1. The van der Waals surface area contributed by atoms with Crippen LogP contribution in [0.5, 0.6) is 0 Å². The largest absolute Gasteiger partial charge is 0.418 e. The summed E-state index contributed by atoms with van der Waals surface area (Å²) >= 11 is 5.78. The van der Waals surface area contributed by atoms with Crippen LogP contribution in [0.3, 0.4) is 0 Å². The van der Waals surface area contributed by atoms with Gasteiger partial charge in [0.15, 0.2) is 0 Å². The number of aliphatic hydroxyl groups is 1. The monoisotopic (exact) mass is 418 g/mol. The number of nitro benzene ring substituents is 1. The molecule has 0 aliphatic carbocycles. The molecular weight excluding hydrogens is 401 g/mol. The van der Waals surface area contributed by atoms with E-state index in [1.54, 1.807) is 28.9 Å². The summed E-state index contributed by atoms with van der Waals surface area (Å²) in [6.45, 7) is 0.642. The van der Waals surface area contributed by atoms with Crippen LogP contribution in [0.25, 0.3) is 0 Å².